The second-order valence-electron chi connectivity index (χ2n) is 6.46. The summed E-state index contributed by atoms with van der Waals surface area (Å²) in [5.41, 5.74) is 1.31. The standard InChI is InChI=1S/C22H23ClN4O4S/c1-5-10-27-21(14-6-8-18(30-3)19(11-14)31-4)25-26-22(27)32-13-20(28)24-16-12-15(23)7-9-17(16)29-2/h5-9,11-12H,1,10,13H2,2-4H3,(H,24,28). The molecule has 3 aromatic rings. The predicted octanol–water partition coefficient (Wildman–Crippen LogP) is 4.54. The highest BCUT2D eigenvalue weighted by molar-refractivity contribution is 7.99. The van der Waals surface area contributed by atoms with Crippen molar-refractivity contribution in [3.63, 3.8) is 0 Å². The van der Waals surface area contributed by atoms with E-state index in [1.807, 2.05) is 16.7 Å². The zero-order valence-corrected chi connectivity index (χ0v) is 19.5. The second-order valence-corrected chi connectivity index (χ2v) is 7.84. The maximum Gasteiger partial charge on any atom is 0.234 e. The first-order chi connectivity index (χ1) is 15.5. The van der Waals surface area contributed by atoms with Crippen molar-refractivity contribution < 1.29 is 19.0 Å². The molecular formula is C22H23ClN4O4S. The highest BCUT2D eigenvalue weighted by atomic mass is 35.5. The topological polar surface area (TPSA) is 87.5 Å². The molecule has 168 valence electrons. The summed E-state index contributed by atoms with van der Waals surface area (Å²) < 4.78 is 17.8. The fourth-order valence-electron chi connectivity index (χ4n) is 2.97. The molecule has 2 aromatic carbocycles. The van der Waals surface area contributed by atoms with E-state index in [0.29, 0.717) is 45.5 Å². The number of thioether (sulfide) groups is 1. The van der Waals surface area contributed by atoms with Gasteiger partial charge in [0.15, 0.2) is 22.5 Å². The smallest absolute Gasteiger partial charge is 0.234 e. The molecule has 1 amide bonds. The van der Waals surface area contributed by atoms with Crippen LogP contribution >= 0.6 is 23.4 Å². The van der Waals surface area contributed by atoms with E-state index >= 15 is 0 Å². The van der Waals surface area contributed by atoms with Gasteiger partial charge in [0.05, 0.1) is 32.8 Å². The summed E-state index contributed by atoms with van der Waals surface area (Å²) in [4.78, 5) is 12.5. The number of ether oxygens (including phenoxy) is 3. The van der Waals surface area contributed by atoms with Crippen LogP contribution in [0, 0.1) is 0 Å². The third kappa shape index (κ3) is 5.35. The molecule has 3 rings (SSSR count). The van der Waals surface area contributed by atoms with Gasteiger partial charge in [-0.3, -0.25) is 9.36 Å². The molecule has 1 aromatic heterocycles. The Kier molecular flexibility index (Phi) is 8.02. The molecule has 10 heteroatoms. The largest absolute Gasteiger partial charge is 0.495 e. The molecule has 0 bridgehead atoms. The number of hydrogen-bond acceptors (Lipinski definition) is 7. The number of benzene rings is 2. The van der Waals surface area contributed by atoms with E-state index < -0.39 is 0 Å². The normalized spacial score (nSPS) is 10.5. The molecule has 0 radical (unpaired) electrons. The van der Waals surface area contributed by atoms with Gasteiger partial charge in [0, 0.05) is 17.1 Å². The number of aromatic nitrogens is 3. The Balaban J connectivity index is 1.78. The van der Waals surface area contributed by atoms with Gasteiger partial charge in [-0.15, -0.1) is 16.8 Å². The van der Waals surface area contributed by atoms with Gasteiger partial charge >= 0.3 is 0 Å². The summed E-state index contributed by atoms with van der Waals surface area (Å²) in [7, 11) is 4.68. The molecule has 0 spiro atoms. The molecule has 0 saturated heterocycles. The Morgan fingerprint density at radius 3 is 2.50 bits per heavy atom. The van der Waals surface area contributed by atoms with E-state index in [9.17, 15) is 4.79 Å². The van der Waals surface area contributed by atoms with Gasteiger partial charge in [0.25, 0.3) is 0 Å². The van der Waals surface area contributed by atoms with Crippen molar-refractivity contribution in [3.05, 3.63) is 54.1 Å². The predicted molar refractivity (Wildman–Crippen MR) is 126 cm³/mol. The van der Waals surface area contributed by atoms with Crippen LogP contribution in [0.2, 0.25) is 5.02 Å². The van der Waals surface area contributed by atoms with Crippen LogP contribution in [0.5, 0.6) is 17.2 Å². The number of nitrogens with one attached hydrogen (secondary N) is 1. The van der Waals surface area contributed by atoms with Crippen LogP contribution in [-0.4, -0.2) is 47.8 Å². The maximum atomic E-state index is 12.5. The van der Waals surface area contributed by atoms with Crippen LogP contribution in [0.1, 0.15) is 0 Å². The summed E-state index contributed by atoms with van der Waals surface area (Å²) in [6.07, 6.45) is 1.74. The molecule has 0 aliphatic carbocycles. The second kappa shape index (κ2) is 10.9. The Morgan fingerprint density at radius 1 is 1.09 bits per heavy atom. The number of halogens is 1. The van der Waals surface area contributed by atoms with Crippen molar-refractivity contribution in [3.8, 4) is 28.6 Å². The average Bonchev–Trinajstić information content (AvgIpc) is 3.20. The van der Waals surface area contributed by atoms with Crippen molar-refractivity contribution >= 4 is 35.0 Å². The number of allylic oxidation sites excluding steroid dienone is 1. The number of anilines is 1. The van der Waals surface area contributed by atoms with Crippen molar-refractivity contribution in [2.45, 2.75) is 11.7 Å². The molecule has 32 heavy (non-hydrogen) atoms. The van der Waals surface area contributed by atoms with Gasteiger partial charge in [-0.05, 0) is 36.4 Å². The SMILES string of the molecule is C=CCn1c(SCC(=O)Nc2cc(Cl)ccc2OC)nnc1-c1ccc(OC)c(OC)c1. The number of carbonyl (C=O) groups excluding carboxylic acids is 1. The molecule has 8 nitrogen and oxygen atoms in total. The summed E-state index contributed by atoms with van der Waals surface area (Å²) in [5, 5.41) is 12.5. The van der Waals surface area contributed by atoms with E-state index in [0.717, 1.165) is 5.56 Å². The highest BCUT2D eigenvalue weighted by Gasteiger charge is 2.17. The Labute approximate surface area is 195 Å². The van der Waals surface area contributed by atoms with Crippen molar-refractivity contribution in [2.24, 2.45) is 0 Å². The minimum Gasteiger partial charge on any atom is -0.495 e. The van der Waals surface area contributed by atoms with E-state index in [2.05, 4.69) is 22.1 Å². The third-order valence-corrected chi connectivity index (χ3v) is 5.64. The van der Waals surface area contributed by atoms with Crippen molar-refractivity contribution in [1.29, 1.82) is 0 Å². The van der Waals surface area contributed by atoms with E-state index in [-0.39, 0.29) is 11.7 Å². The molecule has 0 atom stereocenters. The van der Waals surface area contributed by atoms with Crippen LogP contribution in [-0.2, 0) is 11.3 Å². The minimum atomic E-state index is -0.226. The van der Waals surface area contributed by atoms with E-state index in [1.165, 1.54) is 18.9 Å². The van der Waals surface area contributed by atoms with Gasteiger partial charge in [0.2, 0.25) is 5.91 Å². The first-order valence-electron chi connectivity index (χ1n) is 9.53. The van der Waals surface area contributed by atoms with Crippen LogP contribution < -0.4 is 19.5 Å². The molecule has 1 N–H and O–H groups in total. The van der Waals surface area contributed by atoms with Crippen LogP contribution in [0.25, 0.3) is 11.4 Å². The fourth-order valence-corrected chi connectivity index (χ4v) is 3.89. The van der Waals surface area contributed by atoms with Gasteiger partial charge in [0.1, 0.15) is 5.75 Å². The monoisotopic (exact) mass is 474 g/mol. The summed E-state index contributed by atoms with van der Waals surface area (Å²) in [5.74, 6) is 2.26. The number of nitrogens with zero attached hydrogens (tertiary/aromatic N) is 3. The Morgan fingerprint density at radius 2 is 1.81 bits per heavy atom. The van der Waals surface area contributed by atoms with Gasteiger partial charge in [-0.1, -0.05) is 29.4 Å². The maximum absolute atomic E-state index is 12.5. The zero-order valence-electron chi connectivity index (χ0n) is 17.9. The zero-order chi connectivity index (χ0) is 23.1. The molecule has 0 fully saturated rings. The third-order valence-electron chi connectivity index (χ3n) is 4.44. The number of hydrogen-bond donors (Lipinski definition) is 1. The lowest BCUT2D eigenvalue weighted by atomic mass is 10.2. The van der Waals surface area contributed by atoms with Gasteiger partial charge in [-0.2, -0.15) is 0 Å². The highest BCUT2D eigenvalue weighted by Crippen LogP contribution is 2.33. The fraction of sp³-hybridized carbons (Fsp3) is 0.227. The molecule has 1 heterocycles. The van der Waals surface area contributed by atoms with Gasteiger partial charge < -0.3 is 19.5 Å². The summed E-state index contributed by atoms with van der Waals surface area (Å²) >= 11 is 7.29. The molecule has 0 unspecified atom stereocenters. The molecule has 0 saturated carbocycles. The van der Waals surface area contributed by atoms with Crippen molar-refractivity contribution in [2.75, 3.05) is 32.4 Å². The average molecular weight is 475 g/mol. The molecular weight excluding hydrogens is 452 g/mol. The number of methoxy groups -OCH3 is 3. The molecule has 0 aliphatic rings. The van der Waals surface area contributed by atoms with Crippen molar-refractivity contribution in [1.82, 2.24) is 14.8 Å². The lowest BCUT2D eigenvalue weighted by Crippen LogP contribution is -2.15. The first-order valence-corrected chi connectivity index (χ1v) is 10.9. The summed E-state index contributed by atoms with van der Waals surface area (Å²) in [6.45, 7) is 4.29. The quantitative estimate of drug-likeness (QED) is 0.341. The van der Waals surface area contributed by atoms with Crippen LogP contribution in [0.4, 0.5) is 5.69 Å². The lowest BCUT2D eigenvalue weighted by molar-refractivity contribution is -0.113. The van der Waals surface area contributed by atoms with Crippen LogP contribution in [0.15, 0.2) is 54.2 Å². The lowest BCUT2D eigenvalue weighted by Gasteiger charge is -2.12. The first kappa shape index (κ1) is 23.5. The minimum absolute atomic E-state index is 0.122. The molecule has 0 aliphatic heterocycles. The number of carbonyl (C=O) groups is 1. The Bertz CT molecular complexity index is 1120. The van der Waals surface area contributed by atoms with E-state index in [4.69, 9.17) is 25.8 Å². The summed E-state index contributed by atoms with van der Waals surface area (Å²) in [6, 6.07) is 10.5. The van der Waals surface area contributed by atoms with E-state index in [1.54, 1.807) is 44.6 Å². The Hall–Kier alpha value is -3.17. The number of amides is 1. The van der Waals surface area contributed by atoms with Crippen LogP contribution in [0.3, 0.4) is 0 Å². The number of rotatable bonds is 10. The van der Waals surface area contributed by atoms with Gasteiger partial charge in [-0.25, -0.2) is 0 Å².